The molecule has 11 heteroatoms. The SMILES string of the molecule is CCc1c(C#N)c(SCc2cnn(CCO)c2)nc(N2CCC(OC(N)=O)CC2)c1C#N. The van der Waals surface area contributed by atoms with Gasteiger partial charge in [0.2, 0.25) is 0 Å². The van der Waals surface area contributed by atoms with Crippen LogP contribution in [0, 0.1) is 22.7 Å². The summed E-state index contributed by atoms with van der Waals surface area (Å²) < 4.78 is 6.76. The summed E-state index contributed by atoms with van der Waals surface area (Å²) in [5.41, 5.74) is 7.60. The fourth-order valence-electron chi connectivity index (χ4n) is 3.72. The van der Waals surface area contributed by atoms with Gasteiger partial charge in [0.05, 0.1) is 30.5 Å². The summed E-state index contributed by atoms with van der Waals surface area (Å²) in [6.07, 6.45) is 4.25. The van der Waals surface area contributed by atoms with Crippen molar-refractivity contribution in [2.75, 3.05) is 24.6 Å². The van der Waals surface area contributed by atoms with Gasteiger partial charge in [-0.1, -0.05) is 6.92 Å². The number of aliphatic hydroxyl groups excluding tert-OH is 1. The lowest BCUT2D eigenvalue weighted by molar-refractivity contribution is 0.0911. The molecule has 3 heterocycles. The van der Waals surface area contributed by atoms with Crippen molar-refractivity contribution in [3.05, 3.63) is 34.6 Å². The van der Waals surface area contributed by atoms with Crippen LogP contribution in [0.1, 0.15) is 42.0 Å². The van der Waals surface area contributed by atoms with E-state index in [9.17, 15) is 15.3 Å². The van der Waals surface area contributed by atoms with Gasteiger partial charge >= 0.3 is 6.09 Å². The molecule has 0 aromatic carbocycles. The molecule has 3 rings (SSSR count). The van der Waals surface area contributed by atoms with Gasteiger partial charge in [-0.2, -0.15) is 15.6 Å². The minimum atomic E-state index is -0.785. The zero-order chi connectivity index (χ0) is 23.1. The Bertz CT molecular complexity index is 1050. The first-order valence-electron chi connectivity index (χ1n) is 10.3. The Hall–Kier alpha value is -3.28. The summed E-state index contributed by atoms with van der Waals surface area (Å²) in [5, 5.41) is 33.5. The quantitative estimate of drug-likeness (QED) is 0.568. The van der Waals surface area contributed by atoms with Gasteiger partial charge in [0, 0.05) is 43.4 Å². The van der Waals surface area contributed by atoms with Gasteiger partial charge < -0.3 is 20.5 Å². The number of nitriles is 2. The number of ether oxygens (including phenoxy) is 1. The third-order valence-corrected chi connectivity index (χ3v) is 6.29. The number of carbonyl (C=O) groups excluding carboxylic acids is 1. The van der Waals surface area contributed by atoms with Crippen molar-refractivity contribution in [2.24, 2.45) is 5.73 Å². The molecule has 0 aliphatic carbocycles. The van der Waals surface area contributed by atoms with E-state index in [-0.39, 0.29) is 12.7 Å². The number of piperidine rings is 1. The van der Waals surface area contributed by atoms with Crippen molar-refractivity contribution in [1.82, 2.24) is 14.8 Å². The third kappa shape index (κ3) is 5.31. The number of anilines is 1. The summed E-state index contributed by atoms with van der Waals surface area (Å²) >= 11 is 1.42. The van der Waals surface area contributed by atoms with Crippen molar-refractivity contribution in [3.63, 3.8) is 0 Å². The summed E-state index contributed by atoms with van der Waals surface area (Å²) in [6.45, 7) is 3.47. The lowest BCUT2D eigenvalue weighted by Gasteiger charge is -2.33. The topological polar surface area (TPSA) is 154 Å². The van der Waals surface area contributed by atoms with E-state index in [2.05, 4.69) is 17.2 Å². The number of amides is 1. The highest BCUT2D eigenvalue weighted by Crippen LogP contribution is 2.34. The van der Waals surface area contributed by atoms with Crippen LogP contribution < -0.4 is 10.6 Å². The van der Waals surface area contributed by atoms with Crippen LogP contribution in [0.2, 0.25) is 0 Å². The summed E-state index contributed by atoms with van der Waals surface area (Å²) in [5.74, 6) is 1.11. The lowest BCUT2D eigenvalue weighted by atomic mass is 10.0. The lowest BCUT2D eigenvalue weighted by Crippen LogP contribution is -2.39. The molecule has 0 radical (unpaired) electrons. The molecule has 0 unspecified atom stereocenters. The molecule has 0 saturated carbocycles. The predicted molar refractivity (Wildman–Crippen MR) is 118 cm³/mol. The zero-order valence-electron chi connectivity index (χ0n) is 17.8. The van der Waals surface area contributed by atoms with Crippen LogP contribution >= 0.6 is 11.8 Å². The minimum absolute atomic E-state index is 0.00835. The highest BCUT2D eigenvalue weighted by atomic mass is 32.2. The second kappa shape index (κ2) is 10.8. The van der Waals surface area contributed by atoms with Gasteiger partial charge in [-0.25, -0.2) is 9.78 Å². The maximum Gasteiger partial charge on any atom is 0.404 e. The van der Waals surface area contributed by atoms with E-state index in [0.717, 1.165) is 5.56 Å². The Balaban J connectivity index is 1.87. The first-order valence-corrected chi connectivity index (χ1v) is 11.3. The molecule has 1 aliphatic heterocycles. The second-order valence-corrected chi connectivity index (χ2v) is 8.26. The molecule has 0 spiro atoms. The minimum Gasteiger partial charge on any atom is -0.446 e. The van der Waals surface area contributed by atoms with E-state index in [1.54, 1.807) is 10.9 Å². The third-order valence-electron chi connectivity index (χ3n) is 5.24. The van der Waals surface area contributed by atoms with Crippen LogP contribution in [-0.4, -0.2) is 51.8 Å². The van der Waals surface area contributed by atoms with Crippen molar-refractivity contribution in [1.29, 1.82) is 10.5 Å². The average molecular weight is 456 g/mol. The van der Waals surface area contributed by atoms with E-state index < -0.39 is 6.09 Å². The number of aromatic nitrogens is 3. The van der Waals surface area contributed by atoms with Crippen LogP contribution in [0.15, 0.2) is 17.4 Å². The molecule has 1 amide bonds. The zero-order valence-corrected chi connectivity index (χ0v) is 18.6. The van der Waals surface area contributed by atoms with E-state index >= 15 is 0 Å². The molecule has 10 nitrogen and oxygen atoms in total. The fraction of sp³-hybridized carbons (Fsp3) is 0.476. The molecule has 2 aromatic heterocycles. The number of nitrogens with two attached hydrogens (primary N) is 1. The highest BCUT2D eigenvalue weighted by molar-refractivity contribution is 7.98. The number of nitrogens with zero attached hydrogens (tertiary/aromatic N) is 6. The van der Waals surface area contributed by atoms with Crippen molar-refractivity contribution >= 4 is 23.7 Å². The number of hydrogen-bond donors (Lipinski definition) is 2. The molecule has 3 N–H and O–H groups in total. The largest absolute Gasteiger partial charge is 0.446 e. The Morgan fingerprint density at radius 1 is 1.34 bits per heavy atom. The van der Waals surface area contributed by atoms with Gasteiger partial charge in [0.1, 0.15) is 29.1 Å². The van der Waals surface area contributed by atoms with E-state index in [1.807, 2.05) is 18.0 Å². The molecule has 2 aromatic rings. The number of carbonyl (C=O) groups is 1. The smallest absolute Gasteiger partial charge is 0.404 e. The summed E-state index contributed by atoms with van der Waals surface area (Å²) in [4.78, 5) is 17.8. The second-order valence-electron chi connectivity index (χ2n) is 7.29. The van der Waals surface area contributed by atoms with E-state index in [1.165, 1.54) is 11.8 Å². The molecular formula is C21H25N7O3S. The molecule has 168 valence electrons. The summed E-state index contributed by atoms with van der Waals surface area (Å²) in [6, 6.07) is 4.47. The predicted octanol–water partition coefficient (Wildman–Crippen LogP) is 1.93. The van der Waals surface area contributed by atoms with Gasteiger partial charge in [-0.3, -0.25) is 4.68 Å². The van der Waals surface area contributed by atoms with Crippen LogP contribution in [0.25, 0.3) is 0 Å². The summed E-state index contributed by atoms with van der Waals surface area (Å²) in [7, 11) is 0. The van der Waals surface area contributed by atoms with Crippen LogP contribution in [0.4, 0.5) is 10.6 Å². The number of aliphatic hydroxyl groups is 1. The van der Waals surface area contributed by atoms with Crippen molar-refractivity contribution in [2.45, 2.75) is 49.6 Å². The van der Waals surface area contributed by atoms with Crippen molar-refractivity contribution < 1.29 is 14.6 Å². The van der Waals surface area contributed by atoms with Crippen LogP contribution in [0.3, 0.4) is 0 Å². The standard InChI is InChI=1S/C21H25N7O3S/c1-2-16-17(9-22)19(27-5-3-15(4-6-27)31-21(24)30)26-20(18(16)10-23)32-13-14-11-25-28(12-14)7-8-29/h11-12,15,29H,2-8,13H2,1H3,(H2,24,30). The Morgan fingerprint density at radius 3 is 2.66 bits per heavy atom. The number of primary amides is 1. The first kappa shape index (κ1) is 23.4. The Morgan fingerprint density at radius 2 is 2.06 bits per heavy atom. The van der Waals surface area contributed by atoms with Crippen molar-refractivity contribution in [3.8, 4) is 12.1 Å². The van der Waals surface area contributed by atoms with Crippen LogP contribution in [-0.2, 0) is 23.5 Å². The number of hydrogen-bond acceptors (Lipinski definition) is 9. The Labute approximate surface area is 190 Å². The monoisotopic (exact) mass is 455 g/mol. The molecule has 32 heavy (non-hydrogen) atoms. The molecule has 1 fully saturated rings. The maximum atomic E-state index is 11.0. The fourth-order valence-corrected chi connectivity index (χ4v) is 4.64. The van der Waals surface area contributed by atoms with Crippen LogP contribution in [0.5, 0.6) is 0 Å². The van der Waals surface area contributed by atoms with Gasteiger partial charge in [0.15, 0.2) is 0 Å². The van der Waals surface area contributed by atoms with E-state index in [4.69, 9.17) is 20.6 Å². The Kier molecular flexibility index (Phi) is 7.92. The molecule has 1 saturated heterocycles. The molecule has 1 aliphatic rings. The molecule has 0 bridgehead atoms. The molecule has 0 atom stereocenters. The number of thioether (sulfide) groups is 1. The number of rotatable bonds is 8. The maximum absolute atomic E-state index is 11.0. The normalized spacial score (nSPS) is 14.1. The van der Waals surface area contributed by atoms with Gasteiger partial charge in [-0.05, 0) is 12.0 Å². The van der Waals surface area contributed by atoms with Gasteiger partial charge in [-0.15, -0.1) is 11.8 Å². The molecular weight excluding hydrogens is 430 g/mol. The van der Waals surface area contributed by atoms with E-state index in [0.29, 0.717) is 72.2 Å². The average Bonchev–Trinajstić information content (AvgIpc) is 3.24. The van der Waals surface area contributed by atoms with Gasteiger partial charge in [0.25, 0.3) is 0 Å². The first-order chi connectivity index (χ1) is 15.5. The number of pyridine rings is 1. The highest BCUT2D eigenvalue weighted by Gasteiger charge is 2.27.